The lowest BCUT2D eigenvalue weighted by atomic mass is 9.93. The molecule has 0 fully saturated rings. The topological polar surface area (TPSA) is 88.4 Å². The van der Waals surface area contributed by atoms with Crippen LogP contribution in [-0.2, 0) is 16.1 Å². The number of carbonyl (C=O) groups is 1. The number of carbonyl (C=O) groups excluding carboxylic acids is 1. The summed E-state index contributed by atoms with van der Waals surface area (Å²) in [7, 11) is 3.12. The largest absolute Gasteiger partial charge is 0.497 e. The Morgan fingerprint density at radius 2 is 1.76 bits per heavy atom. The molecule has 0 bridgehead atoms. The number of aromatic nitrogens is 1. The van der Waals surface area contributed by atoms with Crippen molar-refractivity contribution in [1.82, 2.24) is 4.57 Å². The molecule has 0 saturated carbocycles. The molecule has 11 heteroatoms. The van der Waals surface area contributed by atoms with E-state index in [4.69, 9.17) is 23.9 Å². The minimum absolute atomic E-state index is 0.186. The van der Waals surface area contributed by atoms with Crippen molar-refractivity contribution in [1.29, 1.82) is 0 Å². The van der Waals surface area contributed by atoms with Crippen LogP contribution in [0.15, 0.2) is 90.7 Å². The van der Waals surface area contributed by atoms with E-state index in [0.717, 1.165) is 26.5 Å². The number of benzene rings is 3. The number of nitrogens with zero attached hydrogens (tertiary/aromatic N) is 2. The number of hydrogen-bond donors (Lipinski definition) is 0. The second-order valence-corrected chi connectivity index (χ2v) is 12.9. The van der Waals surface area contributed by atoms with Crippen molar-refractivity contribution in [2.24, 2.45) is 4.99 Å². The first-order valence-corrected chi connectivity index (χ1v) is 16.8. The van der Waals surface area contributed by atoms with E-state index in [1.165, 1.54) is 11.3 Å². The second kappa shape index (κ2) is 14.6. The number of methoxy groups -OCH3 is 2. The maximum Gasteiger partial charge on any atom is 0.338 e. The van der Waals surface area contributed by atoms with Crippen molar-refractivity contribution in [3.8, 4) is 17.2 Å². The van der Waals surface area contributed by atoms with Gasteiger partial charge in [0.15, 0.2) is 4.80 Å². The molecular weight excluding hydrogens is 724 g/mol. The fourth-order valence-electron chi connectivity index (χ4n) is 5.09. The van der Waals surface area contributed by atoms with E-state index < -0.39 is 12.0 Å². The zero-order valence-corrected chi connectivity index (χ0v) is 29.3. The minimum atomic E-state index is -0.824. The Morgan fingerprint density at radius 3 is 2.42 bits per heavy atom. The second-order valence-electron chi connectivity index (χ2n) is 10.1. The molecule has 1 aromatic heterocycles. The van der Waals surface area contributed by atoms with Gasteiger partial charge in [0, 0.05) is 10.0 Å². The van der Waals surface area contributed by atoms with E-state index in [-0.39, 0.29) is 12.2 Å². The van der Waals surface area contributed by atoms with E-state index in [0.29, 0.717) is 56.4 Å². The zero-order valence-electron chi connectivity index (χ0n) is 25.3. The van der Waals surface area contributed by atoms with Crippen LogP contribution in [-0.4, -0.2) is 31.4 Å². The molecule has 234 valence electrons. The molecule has 0 saturated heterocycles. The lowest BCUT2D eigenvalue weighted by Gasteiger charge is -2.27. The van der Waals surface area contributed by atoms with Gasteiger partial charge in [-0.3, -0.25) is 9.36 Å². The van der Waals surface area contributed by atoms with Crippen molar-refractivity contribution in [2.45, 2.75) is 39.3 Å². The number of allylic oxidation sites excluding steroid dienone is 1. The summed E-state index contributed by atoms with van der Waals surface area (Å²) >= 11 is 8.34. The van der Waals surface area contributed by atoms with Gasteiger partial charge >= 0.3 is 5.97 Å². The summed E-state index contributed by atoms with van der Waals surface area (Å²) in [5, 5.41) is 0. The van der Waals surface area contributed by atoms with Crippen LogP contribution in [0.1, 0.15) is 49.4 Å². The SMILES string of the molecule is CCCC1=C(C(=O)OCC)[C@@H](c2cc(OC)ccc2OC)n2c(s/c(=C\c3ccc(OCc4ccc(Br)cc4)c(Br)c3)c2=O)=N1. The molecule has 0 aliphatic carbocycles. The molecule has 0 unspecified atom stereocenters. The smallest absolute Gasteiger partial charge is 0.338 e. The molecule has 2 heterocycles. The zero-order chi connectivity index (χ0) is 32.1. The third kappa shape index (κ3) is 7.10. The molecule has 0 N–H and O–H groups in total. The summed E-state index contributed by atoms with van der Waals surface area (Å²) in [6, 6.07) is 18.1. The predicted octanol–water partition coefficient (Wildman–Crippen LogP) is 6.70. The summed E-state index contributed by atoms with van der Waals surface area (Å²) in [6.45, 7) is 4.38. The van der Waals surface area contributed by atoms with Gasteiger partial charge < -0.3 is 18.9 Å². The number of hydrogen-bond acceptors (Lipinski definition) is 8. The van der Waals surface area contributed by atoms with E-state index >= 15 is 0 Å². The standard InChI is InChI=1S/C34H32Br2N2O6S/c1-5-7-26-30(33(40)43-6-2)31(24-18-23(41-3)13-15-27(24)42-4)38-32(39)29(45-34(38)37-26)17-21-10-14-28(25(36)16-21)44-19-20-8-11-22(35)12-9-20/h8-18,31H,5-7,19H2,1-4H3/b29-17-/t31-/m1/s1. The molecule has 1 atom stereocenters. The van der Waals surface area contributed by atoms with Gasteiger partial charge in [0.25, 0.3) is 5.56 Å². The Balaban J connectivity index is 1.61. The lowest BCUT2D eigenvalue weighted by Crippen LogP contribution is -2.40. The summed E-state index contributed by atoms with van der Waals surface area (Å²) in [4.78, 5) is 33.0. The molecule has 4 aromatic rings. The van der Waals surface area contributed by atoms with Gasteiger partial charge in [0.2, 0.25) is 0 Å². The van der Waals surface area contributed by atoms with Crippen molar-refractivity contribution < 1.29 is 23.7 Å². The molecule has 5 rings (SSSR count). The average molecular weight is 757 g/mol. The Labute approximate surface area is 281 Å². The van der Waals surface area contributed by atoms with Gasteiger partial charge in [-0.15, -0.1) is 0 Å². The molecule has 8 nitrogen and oxygen atoms in total. The number of rotatable bonds is 11. The van der Waals surface area contributed by atoms with Crippen LogP contribution in [0.3, 0.4) is 0 Å². The van der Waals surface area contributed by atoms with E-state index in [1.807, 2.05) is 55.5 Å². The highest BCUT2D eigenvalue weighted by molar-refractivity contribution is 9.10. The van der Waals surface area contributed by atoms with Crippen LogP contribution in [0.4, 0.5) is 0 Å². The third-order valence-corrected chi connectivity index (χ3v) is 9.32. The number of thiazole rings is 1. The fraction of sp³-hybridized carbons (Fsp3) is 0.265. The Kier molecular flexibility index (Phi) is 10.6. The summed E-state index contributed by atoms with van der Waals surface area (Å²) in [5.74, 6) is 1.25. The Bertz CT molecular complexity index is 1930. The van der Waals surface area contributed by atoms with E-state index in [9.17, 15) is 9.59 Å². The summed E-state index contributed by atoms with van der Waals surface area (Å²) in [6.07, 6.45) is 3.11. The maximum atomic E-state index is 14.2. The van der Waals surface area contributed by atoms with Gasteiger partial charge in [-0.05, 0) is 88.9 Å². The quantitative estimate of drug-likeness (QED) is 0.159. The van der Waals surface area contributed by atoms with Crippen molar-refractivity contribution in [2.75, 3.05) is 20.8 Å². The molecule has 0 radical (unpaired) electrons. The van der Waals surface area contributed by atoms with Gasteiger partial charge in [0.05, 0.1) is 41.1 Å². The van der Waals surface area contributed by atoms with E-state index in [1.54, 1.807) is 43.9 Å². The average Bonchev–Trinajstić information content (AvgIpc) is 3.34. The molecule has 1 aliphatic rings. The van der Waals surface area contributed by atoms with Crippen molar-refractivity contribution >= 4 is 55.2 Å². The van der Waals surface area contributed by atoms with Crippen molar-refractivity contribution in [3.63, 3.8) is 0 Å². The number of halogens is 2. The number of fused-ring (bicyclic) bond motifs is 1. The first kappa shape index (κ1) is 32.7. The normalized spacial score (nSPS) is 14.5. The van der Waals surface area contributed by atoms with Crippen LogP contribution in [0.25, 0.3) is 6.08 Å². The first-order chi connectivity index (χ1) is 21.8. The van der Waals surface area contributed by atoms with Gasteiger partial charge in [0.1, 0.15) is 29.9 Å². The van der Waals surface area contributed by atoms with Crippen LogP contribution in [0.2, 0.25) is 0 Å². The van der Waals surface area contributed by atoms with Gasteiger partial charge in [-0.25, -0.2) is 9.79 Å². The molecule has 0 spiro atoms. The Hall–Kier alpha value is -3.67. The number of ether oxygens (including phenoxy) is 4. The highest BCUT2D eigenvalue weighted by Crippen LogP contribution is 2.39. The molecule has 3 aromatic carbocycles. The van der Waals surface area contributed by atoms with Crippen LogP contribution in [0.5, 0.6) is 17.2 Å². The first-order valence-electron chi connectivity index (χ1n) is 14.4. The predicted molar refractivity (Wildman–Crippen MR) is 182 cm³/mol. The van der Waals surface area contributed by atoms with Crippen LogP contribution in [0, 0.1) is 0 Å². The van der Waals surface area contributed by atoms with Crippen LogP contribution < -0.4 is 29.1 Å². The molecule has 1 aliphatic heterocycles. The highest BCUT2D eigenvalue weighted by Gasteiger charge is 2.36. The highest BCUT2D eigenvalue weighted by atomic mass is 79.9. The fourth-order valence-corrected chi connectivity index (χ4v) is 6.88. The van der Waals surface area contributed by atoms with Gasteiger partial charge in [-0.2, -0.15) is 0 Å². The number of esters is 1. The molecular formula is C34H32Br2N2O6S. The summed E-state index contributed by atoms with van der Waals surface area (Å²) in [5.41, 5.74) is 3.08. The molecule has 45 heavy (non-hydrogen) atoms. The van der Waals surface area contributed by atoms with Gasteiger partial charge in [-0.1, -0.05) is 58.8 Å². The maximum absolute atomic E-state index is 14.2. The lowest BCUT2D eigenvalue weighted by molar-refractivity contribution is -0.139. The van der Waals surface area contributed by atoms with E-state index in [2.05, 4.69) is 31.9 Å². The Morgan fingerprint density at radius 1 is 1.00 bits per heavy atom. The van der Waals surface area contributed by atoms with Crippen LogP contribution >= 0.6 is 43.2 Å². The summed E-state index contributed by atoms with van der Waals surface area (Å²) < 4.78 is 26.6. The minimum Gasteiger partial charge on any atom is -0.497 e. The van der Waals surface area contributed by atoms with Crippen molar-refractivity contribution in [3.05, 3.63) is 117 Å². The third-order valence-electron chi connectivity index (χ3n) is 7.18. The molecule has 0 amide bonds. The monoisotopic (exact) mass is 754 g/mol.